The molecule has 0 saturated carbocycles. The van der Waals surface area contributed by atoms with E-state index in [4.69, 9.17) is 9.79 Å². The van der Waals surface area contributed by atoms with Gasteiger partial charge in [-0.05, 0) is 6.42 Å². The average molecular weight is 310 g/mol. The van der Waals surface area contributed by atoms with Crippen LogP contribution in [0.4, 0.5) is 0 Å². The first-order chi connectivity index (χ1) is 4.56. The molecular formula is C6H15NdO3P. The fourth-order valence-electron chi connectivity index (χ4n) is 0.745. The third-order valence-corrected chi connectivity index (χ3v) is 2.20. The zero-order valence-corrected chi connectivity index (χ0v) is 10.9. The Morgan fingerprint density at radius 2 is 1.73 bits per heavy atom. The molecule has 0 heterocycles. The molecule has 2 N–H and O–H groups in total. The van der Waals surface area contributed by atoms with Crippen LogP contribution in [0.5, 0.6) is 0 Å². The molecule has 0 fully saturated rings. The van der Waals surface area contributed by atoms with Crippen molar-refractivity contribution in [1.29, 1.82) is 0 Å². The van der Waals surface area contributed by atoms with Crippen LogP contribution in [0.3, 0.4) is 0 Å². The maximum atomic E-state index is 10.3. The Hall–Kier alpha value is 1.50. The largest absolute Gasteiger partial charge is 0.325 e. The first-order valence-corrected chi connectivity index (χ1v) is 5.40. The van der Waals surface area contributed by atoms with E-state index in [9.17, 15) is 4.57 Å². The third kappa shape index (κ3) is 14.4. The van der Waals surface area contributed by atoms with Crippen molar-refractivity contribution in [3.63, 3.8) is 0 Å². The third-order valence-electron chi connectivity index (χ3n) is 1.30. The number of hydrogen-bond donors (Lipinski definition) is 2. The van der Waals surface area contributed by atoms with Gasteiger partial charge in [0.2, 0.25) is 0 Å². The summed E-state index contributed by atoms with van der Waals surface area (Å²) in [6, 6.07) is 0. The van der Waals surface area contributed by atoms with E-state index in [-0.39, 0.29) is 47.0 Å². The monoisotopic (exact) mass is 308 g/mol. The van der Waals surface area contributed by atoms with E-state index in [0.717, 1.165) is 19.3 Å². The Balaban J connectivity index is 0. The van der Waals surface area contributed by atoms with Crippen LogP contribution in [-0.4, -0.2) is 15.9 Å². The summed E-state index contributed by atoms with van der Waals surface area (Å²) in [4.78, 5) is 16.9. The first kappa shape index (κ1) is 15.0. The van der Waals surface area contributed by atoms with Gasteiger partial charge < -0.3 is 9.79 Å². The number of rotatable bonds is 5. The van der Waals surface area contributed by atoms with Gasteiger partial charge in [-0.15, -0.1) is 0 Å². The van der Waals surface area contributed by atoms with Crippen LogP contribution < -0.4 is 0 Å². The molecule has 0 bridgehead atoms. The number of hydrogen-bond acceptors (Lipinski definition) is 1. The molecule has 5 heteroatoms. The van der Waals surface area contributed by atoms with E-state index in [1.807, 2.05) is 0 Å². The van der Waals surface area contributed by atoms with Crippen molar-refractivity contribution in [2.24, 2.45) is 0 Å². The van der Waals surface area contributed by atoms with E-state index >= 15 is 0 Å². The van der Waals surface area contributed by atoms with Gasteiger partial charge in [0, 0.05) is 47.0 Å². The average Bonchev–Trinajstić information content (AvgIpc) is 1.78. The van der Waals surface area contributed by atoms with E-state index in [1.165, 1.54) is 0 Å². The summed E-state index contributed by atoms with van der Waals surface area (Å²) < 4.78 is 10.3. The fourth-order valence-corrected chi connectivity index (χ4v) is 1.38. The van der Waals surface area contributed by atoms with E-state index < -0.39 is 7.60 Å². The summed E-state index contributed by atoms with van der Waals surface area (Å²) in [5.74, 6) is 0. The van der Waals surface area contributed by atoms with Gasteiger partial charge >= 0.3 is 7.60 Å². The Morgan fingerprint density at radius 3 is 2.09 bits per heavy atom. The molecule has 0 amide bonds. The predicted molar refractivity (Wildman–Crippen MR) is 41.1 cm³/mol. The standard InChI is InChI=1S/C6H15O3P.Nd/c1-2-3-4-5-6-10(7,8)9;/h2-6H2,1H3,(H2,7,8,9);. The molecule has 0 radical (unpaired) electrons. The van der Waals surface area contributed by atoms with Gasteiger partial charge in [-0.1, -0.05) is 26.2 Å². The Kier molecular flexibility index (Phi) is 11.1. The van der Waals surface area contributed by atoms with Crippen molar-refractivity contribution < 1.29 is 55.2 Å². The molecule has 0 aromatic rings. The van der Waals surface area contributed by atoms with Gasteiger partial charge in [-0.3, -0.25) is 4.57 Å². The van der Waals surface area contributed by atoms with Gasteiger partial charge in [0.1, 0.15) is 0 Å². The molecular weight excluding hydrogens is 295 g/mol. The maximum absolute atomic E-state index is 10.3. The Labute approximate surface area is 101 Å². The van der Waals surface area contributed by atoms with Crippen molar-refractivity contribution in [2.45, 2.75) is 32.6 Å². The van der Waals surface area contributed by atoms with E-state index in [2.05, 4.69) is 6.92 Å². The summed E-state index contributed by atoms with van der Waals surface area (Å²) in [5, 5.41) is 0. The van der Waals surface area contributed by atoms with Gasteiger partial charge in [0.25, 0.3) is 0 Å². The molecule has 0 rings (SSSR count). The van der Waals surface area contributed by atoms with Crippen molar-refractivity contribution >= 4 is 7.60 Å². The molecule has 0 aromatic heterocycles. The summed E-state index contributed by atoms with van der Waals surface area (Å²) in [6.45, 7) is 2.07. The molecule has 0 aromatic carbocycles. The van der Waals surface area contributed by atoms with Crippen LogP contribution in [-0.2, 0) is 4.57 Å². The summed E-state index contributed by atoms with van der Waals surface area (Å²) >= 11 is 0. The summed E-state index contributed by atoms with van der Waals surface area (Å²) in [5.41, 5.74) is 0. The molecule has 0 aliphatic heterocycles. The van der Waals surface area contributed by atoms with Crippen LogP contribution in [0.2, 0.25) is 0 Å². The second kappa shape index (κ2) is 8.12. The minimum Gasteiger partial charge on any atom is -0.324 e. The van der Waals surface area contributed by atoms with Crippen LogP contribution in [0, 0.1) is 40.8 Å². The molecule has 0 aliphatic rings. The zero-order valence-electron chi connectivity index (χ0n) is 6.79. The van der Waals surface area contributed by atoms with Crippen molar-refractivity contribution in [1.82, 2.24) is 0 Å². The van der Waals surface area contributed by atoms with Gasteiger partial charge in [-0.25, -0.2) is 0 Å². The van der Waals surface area contributed by atoms with Crippen LogP contribution in [0.1, 0.15) is 32.6 Å². The molecule has 0 atom stereocenters. The zero-order chi connectivity index (χ0) is 8.04. The van der Waals surface area contributed by atoms with Crippen molar-refractivity contribution in [2.75, 3.05) is 6.16 Å². The molecule has 3 nitrogen and oxygen atoms in total. The molecule has 11 heavy (non-hydrogen) atoms. The normalized spacial score (nSPS) is 10.8. The molecule has 0 aliphatic carbocycles. The fraction of sp³-hybridized carbons (Fsp3) is 1.00. The summed E-state index contributed by atoms with van der Waals surface area (Å²) in [7, 11) is -3.71. The quantitative estimate of drug-likeness (QED) is 0.601. The minimum atomic E-state index is -3.71. The molecule has 0 unspecified atom stereocenters. The number of unbranched alkanes of at least 4 members (excludes halogenated alkanes) is 3. The van der Waals surface area contributed by atoms with E-state index in [0.29, 0.717) is 6.42 Å². The Bertz CT molecular complexity index is 123. The SMILES string of the molecule is CCCCCCP(=O)(O)O.[Nd]. The van der Waals surface area contributed by atoms with Gasteiger partial charge in [-0.2, -0.15) is 0 Å². The minimum absolute atomic E-state index is 0. The smallest absolute Gasteiger partial charge is 0.324 e. The van der Waals surface area contributed by atoms with E-state index in [1.54, 1.807) is 0 Å². The molecule has 66 valence electrons. The predicted octanol–water partition coefficient (Wildman–Crippen LogP) is 1.74. The second-order valence-electron chi connectivity index (χ2n) is 2.45. The molecule has 0 spiro atoms. The first-order valence-electron chi connectivity index (χ1n) is 3.61. The van der Waals surface area contributed by atoms with Crippen molar-refractivity contribution in [3.05, 3.63) is 0 Å². The van der Waals surface area contributed by atoms with Crippen LogP contribution in [0.15, 0.2) is 0 Å². The van der Waals surface area contributed by atoms with Crippen LogP contribution >= 0.6 is 7.60 Å². The summed E-state index contributed by atoms with van der Waals surface area (Å²) in [6.07, 6.45) is 3.80. The van der Waals surface area contributed by atoms with Crippen molar-refractivity contribution in [3.8, 4) is 0 Å². The maximum Gasteiger partial charge on any atom is 0.325 e. The van der Waals surface area contributed by atoms with Gasteiger partial charge in [0.15, 0.2) is 0 Å². The second-order valence-corrected chi connectivity index (χ2v) is 4.23. The topological polar surface area (TPSA) is 57.5 Å². The Morgan fingerprint density at radius 1 is 1.18 bits per heavy atom. The molecule has 0 saturated heterocycles. The van der Waals surface area contributed by atoms with Crippen LogP contribution in [0.25, 0.3) is 0 Å². The van der Waals surface area contributed by atoms with Gasteiger partial charge in [0.05, 0.1) is 0 Å².